The molecule has 0 saturated heterocycles. The second kappa shape index (κ2) is 4.27. The van der Waals surface area contributed by atoms with E-state index in [2.05, 4.69) is 39.5 Å². The van der Waals surface area contributed by atoms with Crippen LogP contribution in [-0.2, 0) is 6.42 Å². The van der Waals surface area contributed by atoms with E-state index in [4.69, 9.17) is 0 Å². The van der Waals surface area contributed by atoms with Gasteiger partial charge in [-0.25, -0.2) is 0 Å². The van der Waals surface area contributed by atoms with Gasteiger partial charge in [-0.1, -0.05) is 43.7 Å². The summed E-state index contributed by atoms with van der Waals surface area (Å²) >= 11 is 0. The lowest BCUT2D eigenvalue weighted by Gasteiger charge is -2.09. The standard InChI is InChI=1S/C13H18/c1-5-7-12-9-10(3)8-11(4)13(12)6-2/h6,8-9H,2,5,7H2,1,3-4H3. The molecule has 0 atom stereocenters. The molecule has 0 spiro atoms. The normalized spacial score (nSPS) is 10.1. The molecule has 0 nitrogen and oxygen atoms in total. The van der Waals surface area contributed by atoms with Crippen LogP contribution in [0, 0.1) is 13.8 Å². The quantitative estimate of drug-likeness (QED) is 0.652. The first kappa shape index (κ1) is 10.0. The summed E-state index contributed by atoms with van der Waals surface area (Å²) in [4.78, 5) is 0. The Hall–Kier alpha value is -1.04. The second-order valence-electron chi connectivity index (χ2n) is 3.61. The third kappa shape index (κ3) is 2.21. The van der Waals surface area contributed by atoms with Crippen LogP contribution in [0.3, 0.4) is 0 Å². The summed E-state index contributed by atoms with van der Waals surface area (Å²) in [6.07, 6.45) is 4.33. The first-order chi connectivity index (χ1) is 6.19. The maximum absolute atomic E-state index is 3.86. The zero-order valence-corrected chi connectivity index (χ0v) is 8.85. The van der Waals surface area contributed by atoms with Gasteiger partial charge in [0.2, 0.25) is 0 Å². The van der Waals surface area contributed by atoms with E-state index in [1.807, 2.05) is 6.08 Å². The Kier molecular flexibility index (Phi) is 3.30. The molecule has 1 rings (SSSR count). The average Bonchev–Trinajstić information content (AvgIpc) is 2.04. The SMILES string of the molecule is C=Cc1c(C)cc(C)cc1CCC. The average molecular weight is 174 g/mol. The number of hydrogen-bond donors (Lipinski definition) is 0. The van der Waals surface area contributed by atoms with Gasteiger partial charge in [-0.3, -0.25) is 0 Å². The van der Waals surface area contributed by atoms with Gasteiger partial charge < -0.3 is 0 Å². The highest BCUT2D eigenvalue weighted by molar-refractivity contribution is 5.57. The molecule has 0 amide bonds. The van der Waals surface area contributed by atoms with Crippen molar-refractivity contribution in [1.29, 1.82) is 0 Å². The van der Waals surface area contributed by atoms with Gasteiger partial charge >= 0.3 is 0 Å². The maximum Gasteiger partial charge on any atom is -0.0201 e. The molecule has 0 radical (unpaired) electrons. The van der Waals surface area contributed by atoms with Crippen LogP contribution in [0.15, 0.2) is 18.7 Å². The minimum atomic E-state index is 1.16. The Bertz CT molecular complexity index is 308. The molecule has 0 saturated carbocycles. The molecule has 1 aromatic carbocycles. The van der Waals surface area contributed by atoms with Gasteiger partial charge in [0, 0.05) is 0 Å². The molecule has 0 bridgehead atoms. The van der Waals surface area contributed by atoms with E-state index >= 15 is 0 Å². The number of rotatable bonds is 3. The zero-order chi connectivity index (χ0) is 9.84. The predicted octanol–water partition coefficient (Wildman–Crippen LogP) is 3.90. The summed E-state index contributed by atoms with van der Waals surface area (Å²) in [7, 11) is 0. The van der Waals surface area contributed by atoms with E-state index in [-0.39, 0.29) is 0 Å². The van der Waals surface area contributed by atoms with E-state index in [0.29, 0.717) is 0 Å². The number of hydrogen-bond acceptors (Lipinski definition) is 0. The summed E-state index contributed by atoms with van der Waals surface area (Å²) < 4.78 is 0. The molecule has 0 unspecified atom stereocenters. The van der Waals surface area contributed by atoms with Gasteiger partial charge in [-0.15, -0.1) is 0 Å². The van der Waals surface area contributed by atoms with E-state index in [9.17, 15) is 0 Å². The topological polar surface area (TPSA) is 0 Å². The lowest BCUT2D eigenvalue weighted by atomic mass is 9.96. The maximum atomic E-state index is 3.86. The monoisotopic (exact) mass is 174 g/mol. The first-order valence-electron chi connectivity index (χ1n) is 4.91. The zero-order valence-electron chi connectivity index (χ0n) is 8.85. The lowest BCUT2D eigenvalue weighted by Crippen LogP contribution is -1.93. The highest BCUT2D eigenvalue weighted by atomic mass is 14.1. The van der Waals surface area contributed by atoms with Crippen molar-refractivity contribution in [2.24, 2.45) is 0 Å². The predicted molar refractivity (Wildman–Crippen MR) is 60.0 cm³/mol. The van der Waals surface area contributed by atoms with E-state index < -0.39 is 0 Å². The van der Waals surface area contributed by atoms with Gasteiger partial charge in [0.15, 0.2) is 0 Å². The molecule has 0 heteroatoms. The van der Waals surface area contributed by atoms with Gasteiger partial charge in [-0.2, -0.15) is 0 Å². The van der Waals surface area contributed by atoms with Crippen molar-refractivity contribution in [3.63, 3.8) is 0 Å². The largest absolute Gasteiger partial charge is 0.0985 e. The fourth-order valence-corrected chi connectivity index (χ4v) is 1.84. The molecule has 0 fully saturated rings. The van der Waals surface area contributed by atoms with Crippen molar-refractivity contribution in [2.75, 3.05) is 0 Å². The van der Waals surface area contributed by atoms with Crippen molar-refractivity contribution in [1.82, 2.24) is 0 Å². The summed E-state index contributed by atoms with van der Waals surface area (Å²) in [5.74, 6) is 0. The van der Waals surface area contributed by atoms with Gasteiger partial charge in [0.1, 0.15) is 0 Å². The smallest absolute Gasteiger partial charge is 0.0201 e. The van der Waals surface area contributed by atoms with Crippen LogP contribution in [0.5, 0.6) is 0 Å². The molecule has 0 aromatic heterocycles. The van der Waals surface area contributed by atoms with E-state index in [1.165, 1.54) is 28.7 Å². The Labute approximate surface area is 81.3 Å². The van der Waals surface area contributed by atoms with E-state index in [0.717, 1.165) is 6.42 Å². The fraction of sp³-hybridized carbons (Fsp3) is 0.385. The summed E-state index contributed by atoms with van der Waals surface area (Å²) in [5, 5.41) is 0. The van der Waals surface area contributed by atoms with Crippen molar-refractivity contribution in [3.05, 3.63) is 41.0 Å². The Morgan fingerprint density at radius 2 is 2.00 bits per heavy atom. The van der Waals surface area contributed by atoms with Gasteiger partial charge in [-0.05, 0) is 37.0 Å². The first-order valence-corrected chi connectivity index (χ1v) is 4.91. The molecular weight excluding hydrogens is 156 g/mol. The van der Waals surface area contributed by atoms with Crippen LogP contribution in [0.1, 0.15) is 35.6 Å². The summed E-state index contributed by atoms with van der Waals surface area (Å²) in [6, 6.07) is 4.49. The minimum Gasteiger partial charge on any atom is -0.0985 e. The molecule has 0 aliphatic rings. The molecule has 70 valence electrons. The number of aryl methyl sites for hydroxylation is 3. The molecule has 0 aliphatic carbocycles. The molecule has 0 heterocycles. The van der Waals surface area contributed by atoms with Crippen LogP contribution >= 0.6 is 0 Å². The second-order valence-corrected chi connectivity index (χ2v) is 3.61. The Morgan fingerprint density at radius 3 is 2.54 bits per heavy atom. The van der Waals surface area contributed by atoms with Crippen molar-refractivity contribution >= 4 is 6.08 Å². The fourth-order valence-electron chi connectivity index (χ4n) is 1.84. The van der Waals surface area contributed by atoms with Crippen molar-refractivity contribution in [3.8, 4) is 0 Å². The third-order valence-electron chi connectivity index (χ3n) is 2.34. The lowest BCUT2D eigenvalue weighted by molar-refractivity contribution is 0.915. The van der Waals surface area contributed by atoms with Crippen LogP contribution < -0.4 is 0 Å². The van der Waals surface area contributed by atoms with Crippen LogP contribution in [-0.4, -0.2) is 0 Å². The molecule has 0 N–H and O–H groups in total. The van der Waals surface area contributed by atoms with Crippen molar-refractivity contribution < 1.29 is 0 Å². The van der Waals surface area contributed by atoms with Crippen molar-refractivity contribution in [2.45, 2.75) is 33.6 Å². The van der Waals surface area contributed by atoms with Crippen LogP contribution in [0.25, 0.3) is 6.08 Å². The Morgan fingerprint density at radius 1 is 1.31 bits per heavy atom. The molecular formula is C13H18. The summed E-state index contributed by atoms with van der Waals surface area (Å²) in [6.45, 7) is 10.4. The molecule has 0 aliphatic heterocycles. The molecule has 1 aromatic rings. The number of benzene rings is 1. The highest BCUT2D eigenvalue weighted by Gasteiger charge is 2.02. The van der Waals surface area contributed by atoms with E-state index in [1.54, 1.807) is 0 Å². The summed E-state index contributed by atoms with van der Waals surface area (Å²) in [5.41, 5.74) is 5.47. The molecule has 13 heavy (non-hydrogen) atoms. The van der Waals surface area contributed by atoms with Gasteiger partial charge in [0.05, 0.1) is 0 Å². The van der Waals surface area contributed by atoms with Crippen LogP contribution in [0.4, 0.5) is 0 Å². The minimum absolute atomic E-state index is 1.16. The van der Waals surface area contributed by atoms with Gasteiger partial charge in [0.25, 0.3) is 0 Å². The third-order valence-corrected chi connectivity index (χ3v) is 2.34. The highest BCUT2D eigenvalue weighted by Crippen LogP contribution is 2.19. The Balaban J connectivity index is 3.20. The van der Waals surface area contributed by atoms with Crippen LogP contribution in [0.2, 0.25) is 0 Å².